The number of hydrogen-bond donors (Lipinski definition) is 1. The fourth-order valence-electron chi connectivity index (χ4n) is 4.07. The van der Waals surface area contributed by atoms with Gasteiger partial charge >= 0.3 is 0 Å². The van der Waals surface area contributed by atoms with E-state index in [0.29, 0.717) is 5.75 Å². The molecule has 0 aliphatic rings. The number of hydrogen-bond acceptors (Lipinski definition) is 5. The van der Waals surface area contributed by atoms with Crippen LogP contribution in [0.3, 0.4) is 0 Å². The number of nitrogens with one attached hydrogen (secondary N) is 1. The van der Waals surface area contributed by atoms with E-state index in [1.165, 1.54) is 24.1 Å². The summed E-state index contributed by atoms with van der Waals surface area (Å²) in [4.78, 5) is 28.6. The minimum atomic E-state index is -4.13. The van der Waals surface area contributed by atoms with E-state index in [0.717, 1.165) is 21.9 Å². The summed E-state index contributed by atoms with van der Waals surface area (Å²) in [7, 11) is -2.64. The fourth-order valence-corrected chi connectivity index (χ4v) is 5.50. The molecule has 3 rings (SSSR count). The van der Waals surface area contributed by atoms with Crippen molar-refractivity contribution < 1.29 is 22.7 Å². The summed E-state index contributed by atoms with van der Waals surface area (Å²) in [5, 5.41) is 2.94. The molecule has 0 saturated carbocycles. The summed E-state index contributed by atoms with van der Waals surface area (Å²) in [5.41, 5.74) is 2.13. The highest BCUT2D eigenvalue weighted by molar-refractivity contribution is 7.92. The lowest BCUT2D eigenvalue weighted by molar-refractivity contribution is -0.139. The maximum Gasteiger partial charge on any atom is 0.264 e. The van der Waals surface area contributed by atoms with Crippen molar-refractivity contribution >= 4 is 27.5 Å². The van der Waals surface area contributed by atoms with Crippen LogP contribution in [0.2, 0.25) is 0 Å². The molecule has 2 atom stereocenters. The van der Waals surface area contributed by atoms with Gasteiger partial charge in [0.05, 0.1) is 17.7 Å². The first-order valence-electron chi connectivity index (χ1n) is 12.9. The van der Waals surface area contributed by atoms with Crippen LogP contribution in [0.15, 0.2) is 83.8 Å². The van der Waals surface area contributed by atoms with E-state index in [-0.39, 0.29) is 29.1 Å². The molecule has 2 amide bonds. The fraction of sp³-hybridized carbons (Fsp3) is 0.333. The smallest absolute Gasteiger partial charge is 0.264 e. The van der Waals surface area contributed by atoms with Gasteiger partial charge in [-0.2, -0.15) is 0 Å². The zero-order valence-corrected chi connectivity index (χ0v) is 23.9. The Morgan fingerprint density at radius 3 is 2.28 bits per heavy atom. The van der Waals surface area contributed by atoms with E-state index in [9.17, 15) is 18.0 Å². The molecule has 9 heteroatoms. The standard InChI is InChI=1S/C30H37N3O5S/c1-6-23(3)31-30(35)24(4)32(20-25-13-10-12-22(2)18-25)29(34)21-33(26-14-11-15-27(19-26)38-5)39(36,37)28-16-8-7-9-17-28/h7-19,23-24H,6,20-21H2,1-5H3,(H,31,35). The molecule has 0 aromatic heterocycles. The number of nitrogens with zero attached hydrogens (tertiary/aromatic N) is 2. The number of carbonyl (C=O) groups excluding carboxylic acids is 2. The second kappa shape index (κ2) is 13.3. The van der Waals surface area contributed by atoms with Crippen molar-refractivity contribution in [3.05, 3.63) is 90.0 Å². The molecule has 208 valence electrons. The molecule has 0 saturated heterocycles. The highest BCUT2D eigenvalue weighted by Gasteiger charge is 2.32. The van der Waals surface area contributed by atoms with Crippen LogP contribution in [0.4, 0.5) is 5.69 Å². The van der Waals surface area contributed by atoms with Crippen LogP contribution in [0.5, 0.6) is 5.75 Å². The van der Waals surface area contributed by atoms with Crippen molar-refractivity contribution in [1.29, 1.82) is 0 Å². The number of aryl methyl sites for hydroxylation is 1. The van der Waals surface area contributed by atoms with Crippen LogP contribution < -0.4 is 14.4 Å². The first kappa shape index (κ1) is 29.7. The number of rotatable bonds is 12. The maximum atomic E-state index is 14.0. The molecule has 0 aliphatic heterocycles. The van der Waals surface area contributed by atoms with Gasteiger partial charge in [-0.3, -0.25) is 13.9 Å². The largest absolute Gasteiger partial charge is 0.497 e. The van der Waals surface area contributed by atoms with Crippen LogP contribution in [0.1, 0.15) is 38.3 Å². The number of methoxy groups -OCH3 is 1. The molecular formula is C30H37N3O5S. The lowest BCUT2D eigenvalue weighted by Crippen LogP contribution is -2.52. The molecule has 0 heterocycles. The van der Waals surface area contributed by atoms with Crippen molar-refractivity contribution in [2.75, 3.05) is 18.0 Å². The average Bonchev–Trinajstić information content (AvgIpc) is 2.94. The normalized spacial score (nSPS) is 12.7. The predicted molar refractivity (Wildman–Crippen MR) is 153 cm³/mol. The highest BCUT2D eigenvalue weighted by atomic mass is 32.2. The second-order valence-electron chi connectivity index (χ2n) is 9.53. The van der Waals surface area contributed by atoms with Gasteiger partial charge in [0.25, 0.3) is 10.0 Å². The van der Waals surface area contributed by atoms with E-state index >= 15 is 0 Å². The SMILES string of the molecule is CCC(C)NC(=O)C(C)N(Cc1cccc(C)c1)C(=O)CN(c1cccc(OC)c1)S(=O)(=O)c1ccccc1. The molecule has 3 aromatic rings. The number of benzene rings is 3. The van der Waals surface area contributed by atoms with E-state index < -0.39 is 28.5 Å². The Morgan fingerprint density at radius 2 is 1.64 bits per heavy atom. The van der Waals surface area contributed by atoms with Gasteiger partial charge < -0.3 is 15.0 Å². The van der Waals surface area contributed by atoms with E-state index in [1.54, 1.807) is 49.4 Å². The molecule has 0 aliphatic carbocycles. The summed E-state index contributed by atoms with van der Waals surface area (Å²) in [5.74, 6) is -0.360. The zero-order chi connectivity index (χ0) is 28.6. The van der Waals surface area contributed by atoms with Crippen LogP contribution in [-0.2, 0) is 26.2 Å². The van der Waals surface area contributed by atoms with Crippen molar-refractivity contribution in [3.8, 4) is 5.75 Å². The molecule has 1 N–H and O–H groups in total. The molecule has 2 unspecified atom stereocenters. The Balaban J connectivity index is 2.03. The number of carbonyl (C=O) groups is 2. The summed E-state index contributed by atoms with van der Waals surface area (Å²) >= 11 is 0. The number of sulfonamides is 1. The molecule has 39 heavy (non-hydrogen) atoms. The molecule has 3 aromatic carbocycles. The van der Waals surface area contributed by atoms with E-state index in [4.69, 9.17) is 4.74 Å². The third-order valence-electron chi connectivity index (χ3n) is 6.56. The van der Waals surface area contributed by atoms with Crippen molar-refractivity contribution in [1.82, 2.24) is 10.2 Å². The zero-order valence-electron chi connectivity index (χ0n) is 23.1. The average molecular weight is 552 g/mol. The summed E-state index contributed by atoms with van der Waals surface area (Å²) in [6.07, 6.45) is 0.739. The maximum absolute atomic E-state index is 14.0. The van der Waals surface area contributed by atoms with E-state index in [2.05, 4.69) is 5.32 Å². The molecule has 0 spiro atoms. The molecule has 0 radical (unpaired) electrons. The van der Waals surface area contributed by atoms with Crippen molar-refractivity contribution in [3.63, 3.8) is 0 Å². The van der Waals surface area contributed by atoms with Crippen molar-refractivity contribution in [2.45, 2.75) is 57.6 Å². The van der Waals surface area contributed by atoms with Gasteiger partial charge in [-0.15, -0.1) is 0 Å². The monoisotopic (exact) mass is 551 g/mol. The van der Waals surface area contributed by atoms with Gasteiger partial charge in [-0.25, -0.2) is 8.42 Å². The minimum absolute atomic E-state index is 0.0495. The third-order valence-corrected chi connectivity index (χ3v) is 8.34. The number of ether oxygens (including phenoxy) is 1. The summed E-state index contributed by atoms with van der Waals surface area (Å²) < 4.78 is 34.0. The number of amides is 2. The Kier molecular flexibility index (Phi) is 10.1. The Hall–Kier alpha value is -3.85. The van der Waals surface area contributed by atoms with Gasteiger partial charge in [0.15, 0.2) is 0 Å². The van der Waals surface area contributed by atoms with Gasteiger partial charge in [0, 0.05) is 18.7 Å². The Labute approximate surface area is 231 Å². The number of anilines is 1. The van der Waals surface area contributed by atoms with Crippen LogP contribution >= 0.6 is 0 Å². The van der Waals surface area contributed by atoms with E-state index in [1.807, 2.05) is 45.0 Å². The Bertz CT molecular complexity index is 1380. The highest BCUT2D eigenvalue weighted by Crippen LogP contribution is 2.27. The van der Waals surface area contributed by atoms with Gasteiger partial charge in [-0.05, 0) is 57.0 Å². The lowest BCUT2D eigenvalue weighted by atomic mass is 10.1. The molecule has 8 nitrogen and oxygen atoms in total. The minimum Gasteiger partial charge on any atom is -0.497 e. The van der Waals surface area contributed by atoms with Crippen LogP contribution in [0.25, 0.3) is 0 Å². The van der Waals surface area contributed by atoms with Crippen molar-refractivity contribution in [2.24, 2.45) is 0 Å². The van der Waals surface area contributed by atoms with Crippen LogP contribution in [-0.4, -0.2) is 50.9 Å². The molecular weight excluding hydrogens is 514 g/mol. The Morgan fingerprint density at radius 1 is 0.949 bits per heavy atom. The summed E-state index contributed by atoms with van der Waals surface area (Å²) in [6.45, 7) is 7.11. The predicted octanol–water partition coefficient (Wildman–Crippen LogP) is 4.53. The van der Waals surface area contributed by atoms with Gasteiger partial charge in [-0.1, -0.05) is 61.0 Å². The van der Waals surface area contributed by atoms with Crippen LogP contribution in [0, 0.1) is 6.92 Å². The quantitative estimate of drug-likeness (QED) is 0.357. The summed E-state index contributed by atoms with van der Waals surface area (Å²) in [6, 6.07) is 21.3. The molecule has 0 fully saturated rings. The van der Waals surface area contributed by atoms with Gasteiger partial charge in [0.1, 0.15) is 18.3 Å². The first-order valence-corrected chi connectivity index (χ1v) is 14.4. The van der Waals surface area contributed by atoms with Gasteiger partial charge in [0.2, 0.25) is 11.8 Å². The second-order valence-corrected chi connectivity index (χ2v) is 11.4. The first-order chi connectivity index (χ1) is 18.6. The topological polar surface area (TPSA) is 96.0 Å². The molecule has 0 bridgehead atoms. The third kappa shape index (κ3) is 7.60. The lowest BCUT2D eigenvalue weighted by Gasteiger charge is -2.32.